The molecule has 0 bridgehead atoms. The van der Waals surface area contributed by atoms with Crippen molar-refractivity contribution in [3.8, 4) is 11.5 Å². The second kappa shape index (κ2) is 7.72. The highest BCUT2D eigenvalue weighted by Crippen LogP contribution is 2.40. The summed E-state index contributed by atoms with van der Waals surface area (Å²) in [5, 5.41) is 0. The SMILES string of the molecule is CCCC(OC)C(N)c1ccc(OC)c(Br)c1OC. The van der Waals surface area contributed by atoms with E-state index in [4.69, 9.17) is 19.9 Å². The molecule has 0 aromatic heterocycles. The van der Waals surface area contributed by atoms with Crippen LogP contribution in [0.25, 0.3) is 0 Å². The van der Waals surface area contributed by atoms with E-state index in [0.717, 1.165) is 28.6 Å². The molecule has 5 heteroatoms. The molecular formula is C14H22BrNO3. The van der Waals surface area contributed by atoms with Crippen molar-refractivity contribution in [3.63, 3.8) is 0 Å². The summed E-state index contributed by atoms with van der Waals surface area (Å²) in [6.07, 6.45) is 1.90. The lowest BCUT2D eigenvalue weighted by Crippen LogP contribution is -2.28. The second-order valence-electron chi connectivity index (χ2n) is 4.29. The van der Waals surface area contributed by atoms with E-state index in [1.807, 2.05) is 12.1 Å². The summed E-state index contributed by atoms with van der Waals surface area (Å²) in [6, 6.07) is 3.57. The summed E-state index contributed by atoms with van der Waals surface area (Å²) in [7, 11) is 4.93. The van der Waals surface area contributed by atoms with E-state index in [0.29, 0.717) is 5.75 Å². The first-order valence-electron chi connectivity index (χ1n) is 6.29. The minimum absolute atomic E-state index is 0.0285. The van der Waals surface area contributed by atoms with E-state index < -0.39 is 0 Å². The average Bonchev–Trinajstić information content (AvgIpc) is 2.43. The molecule has 19 heavy (non-hydrogen) atoms. The van der Waals surface area contributed by atoms with E-state index >= 15 is 0 Å². The fourth-order valence-corrected chi connectivity index (χ4v) is 2.79. The Labute approximate surface area is 123 Å². The van der Waals surface area contributed by atoms with E-state index in [-0.39, 0.29) is 12.1 Å². The molecule has 0 spiro atoms. The van der Waals surface area contributed by atoms with Crippen LogP contribution in [-0.4, -0.2) is 27.4 Å². The quantitative estimate of drug-likeness (QED) is 0.833. The van der Waals surface area contributed by atoms with Crippen molar-refractivity contribution in [2.75, 3.05) is 21.3 Å². The molecule has 0 saturated heterocycles. The van der Waals surface area contributed by atoms with Crippen LogP contribution in [0.1, 0.15) is 31.4 Å². The van der Waals surface area contributed by atoms with E-state index in [2.05, 4.69) is 22.9 Å². The lowest BCUT2D eigenvalue weighted by atomic mass is 9.98. The van der Waals surface area contributed by atoms with Crippen LogP contribution >= 0.6 is 15.9 Å². The molecule has 1 aromatic carbocycles. The Bertz CT molecular complexity index is 412. The summed E-state index contributed by atoms with van der Waals surface area (Å²) in [6.45, 7) is 2.11. The molecule has 1 rings (SSSR count). The predicted octanol–water partition coefficient (Wildman–Crippen LogP) is 3.28. The predicted molar refractivity (Wildman–Crippen MR) is 79.9 cm³/mol. The van der Waals surface area contributed by atoms with Crippen LogP contribution < -0.4 is 15.2 Å². The molecule has 108 valence electrons. The summed E-state index contributed by atoms with van der Waals surface area (Å²) in [5.74, 6) is 1.42. The van der Waals surface area contributed by atoms with Crippen LogP contribution in [0.15, 0.2) is 16.6 Å². The van der Waals surface area contributed by atoms with Gasteiger partial charge in [-0.2, -0.15) is 0 Å². The van der Waals surface area contributed by atoms with Gasteiger partial charge in [0.15, 0.2) is 0 Å². The zero-order valence-electron chi connectivity index (χ0n) is 11.9. The Hall–Kier alpha value is -0.780. The van der Waals surface area contributed by atoms with E-state index in [9.17, 15) is 0 Å². The standard InChI is InChI=1S/C14H22BrNO3/c1-5-6-11(18-3)13(16)9-7-8-10(17-2)12(15)14(9)19-4/h7-8,11,13H,5-6,16H2,1-4H3. The van der Waals surface area contributed by atoms with Crippen molar-refractivity contribution in [2.45, 2.75) is 31.9 Å². The molecule has 0 aliphatic carbocycles. The second-order valence-corrected chi connectivity index (χ2v) is 5.09. The first kappa shape index (κ1) is 16.3. The summed E-state index contributed by atoms with van der Waals surface area (Å²) >= 11 is 3.48. The van der Waals surface area contributed by atoms with Gasteiger partial charge in [0.1, 0.15) is 16.0 Å². The van der Waals surface area contributed by atoms with Gasteiger partial charge in [0.25, 0.3) is 0 Å². The molecule has 1 aromatic rings. The van der Waals surface area contributed by atoms with Gasteiger partial charge in [0.05, 0.1) is 26.4 Å². The molecule has 0 fully saturated rings. The Balaban J connectivity index is 3.15. The van der Waals surface area contributed by atoms with Crippen molar-refractivity contribution < 1.29 is 14.2 Å². The van der Waals surface area contributed by atoms with Crippen LogP contribution in [0.2, 0.25) is 0 Å². The number of hydrogen-bond donors (Lipinski definition) is 1. The summed E-state index contributed by atoms with van der Waals surface area (Å²) in [4.78, 5) is 0. The van der Waals surface area contributed by atoms with Gasteiger partial charge < -0.3 is 19.9 Å². The number of benzene rings is 1. The third-order valence-electron chi connectivity index (χ3n) is 3.15. The van der Waals surface area contributed by atoms with Gasteiger partial charge in [-0.25, -0.2) is 0 Å². The molecule has 0 aliphatic heterocycles. The first-order valence-corrected chi connectivity index (χ1v) is 7.08. The van der Waals surface area contributed by atoms with E-state index in [1.54, 1.807) is 21.3 Å². The third-order valence-corrected chi connectivity index (χ3v) is 3.90. The van der Waals surface area contributed by atoms with Crippen molar-refractivity contribution in [2.24, 2.45) is 5.73 Å². The fourth-order valence-electron chi connectivity index (χ4n) is 2.11. The number of rotatable bonds is 7. The Morgan fingerprint density at radius 1 is 1.21 bits per heavy atom. The fraction of sp³-hybridized carbons (Fsp3) is 0.571. The molecule has 0 aliphatic rings. The van der Waals surface area contributed by atoms with Crippen LogP contribution in [-0.2, 0) is 4.74 Å². The zero-order chi connectivity index (χ0) is 14.4. The normalized spacial score (nSPS) is 14.0. The highest BCUT2D eigenvalue weighted by Gasteiger charge is 2.24. The van der Waals surface area contributed by atoms with Crippen molar-refractivity contribution in [1.82, 2.24) is 0 Å². The zero-order valence-corrected chi connectivity index (χ0v) is 13.5. The van der Waals surface area contributed by atoms with Gasteiger partial charge >= 0.3 is 0 Å². The topological polar surface area (TPSA) is 53.7 Å². The summed E-state index contributed by atoms with van der Waals surface area (Å²) < 4.78 is 17.0. The lowest BCUT2D eigenvalue weighted by Gasteiger charge is -2.25. The maximum atomic E-state index is 6.31. The third kappa shape index (κ3) is 3.61. The van der Waals surface area contributed by atoms with Gasteiger partial charge in [0, 0.05) is 12.7 Å². The van der Waals surface area contributed by atoms with Gasteiger partial charge in [0.2, 0.25) is 0 Å². The number of halogens is 1. The average molecular weight is 332 g/mol. The van der Waals surface area contributed by atoms with Gasteiger partial charge in [-0.15, -0.1) is 0 Å². The molecule has 2 unspecified atom stereocenters. The Morgan fingerprint density at radius 2 is 1.89 bits per heavy atom. The van der Waals surface area contributed by atoms with Crippen LogP contribution in [0.3, 0.4) is 0 Å². The first-order chi connectivity index (χ1) is 9.10. The number of nitrogens with two attached hydrogens (primary N) is 1. The van der Waals surface area contributed by atoms with Crippen molar-refractivity contribution in [1.29, 1.82) is 0 Å². The maximum Gasteiger partial charge on any atom is 0.141 e. The van der Waals surface area contributed by atoms with Gasteiger partial charge in [-0.1, -0.05) is 13.3 Å². The monoisotopic (exact) mass is 331 g/mol. The number of methoxy groups -OCH3 is 3. The van der Waals surface area contributed by atoms with Crippen molar-refractivity contribution >= 4 is 15.9 Å². The Morgan fingerprint density at radius 3 is 2.37 bits per heavy atom. The minimum Gasteiger partial charge on any atom is -0.495 e. The van der Waals surface area contributed by atoms with Crippen LogP contribution in [0.4, 0.5) is 0 Å². The highest BCUT2D eigenvalue weighted by molar-refractivity contribution is 9.10. The molecule has 0 radical (unpaired) electrons. The van der Waals surface area contributed by atoms with Gasteiger partial charge in [-0.3, -0.25) is 0 Å². The van der Waals surface area contributed by atoms with Gasteiger partial charge in [-0.05, 0) is 34.5 Å². The maximum absolute atomic E-state index is 6.31. The molecule has 2 N–H and O–H groups in total. The molecule has 0 heterocycles. The van der Waals surface area contributed by atoms with Crippen LogP contribution in [0.5, 0.6) is 11.5 Å². The Kier molecular flexibility index (Phi) is 6.62. The molecular weight excluding hydrogens is 310 g/mol. The molecule has 4 nitrogen and oxygen atoms in total. The molecule has 0 saturated carbocycles. The largest absolute Gasteiger partial charge is 0.495 e. The molecule has 2 atom stereocenters. The minimum atomic E-state index is -0.234. The molecule has 0 amide bonds. The lowest BCUT2D eigenvalue weighted by molar-refractivity contribution is 0.0717. The smallest absolute Gasteiger partial charge is 0.141 e. The summed E-state index contributed by atoms with van der Waals surface area (Å²) in [5.41, 5.74) is 7.22. The number of hydrogen-bond acceptors (Lipinski definition) is 4. The number of ether oxygens (including phenoxy) is 3. The van der Waals surface area contributed by atoms with Crippen molar-refractivity contribution in [3.05, 3.63) is 22.2 Å². The van der Waals surface area contributed by atoms with E-state index in [1.165, 1.54) is 0 Å². The van der Waals surface area contributed by atoms with Crippen LogP contribution in [0, 0.1) is 0 Å². The highest BCUT2D eigenvalue weighted by atomic mass is 79.9.